The molecule has 3 N–H and O–H groups in total. The van der Waals surface area contributed by atoms with Crippen molar-refractivity contribution in [2.75, 3.05) is 0 Å². The molecule has 114 valence electrons. The lowest BCUT2D eigenvalue weighted by Crippen LogP contribution is -2.23. The maximum absolute atomic E-state index is 12.3. The van der Waals surface area contributed by atoms with Crippen molar-refractivity contribution >= 4 is 10.0 Å². The molecule has 8 heteroatoms. The Balaban J connectivity index is 1.67. The van der Waals surface area contributed by atoms with Gasteiger partial charge in [0.2, 0.25) is 10.0 Å². The lowest BCUT2D eigenvalue weighted by atomic mass is 10.4. The Morgan fingerprint density at radius 2 is 2.24 bits per heavy atom. The summed E-state index contributed by atoms with van der Waals surface area (Å²) < 4.78 is 28.9. The molecule has 1 aliphatic rings. The number of imidazole rings is 1. The number of rotatable bonds is 7. The lowest BCUT2D eigenvalue weighted by Gasteiger charge is -2.03. The van der Waals surface area contributed by atoms with Crippen molar-refractivity contribution < 1.29 is 8.42 Å². The summed E-state index contributed by atoms with van der Waals surface area (Å²) in [7, 11) is -1.65. The van der Waals surface area contributed by atoms with Crippen LogP contribution in [0.4, 0.5) is 0 Å². The van der Waals surface area contributed by atoms with E-state index in [1.807, 2.05) is 11.6 Å². The zero-order valence-electron chi connectivity index (χ0n) is 11.8. The predicted molar refractivity (Wildman–Crippen MR) is 77.9 cm³/mol. The Hall–Kier alpha value is -1.64. The third-order valence-corrected chi connectivity index (χ3v) is 4.92. The van der Waals surface area contributed by atoms with Gasteiger partial charge in [0.15, 0.2) is 0 Å². The van der Waals surface area contributed by atoms with Gasteiger partial charge in [-0.25, -0.2) is 18.1 Å². The molecule has 7 nitrogen and oxygen atoms in total. The van der Waals surface area contributed by atoms with Crippen LogP contribution in [-0.2, 0) is 30.2 Å². The van der Waals surface area contributed by atoms with Crippen molar-refractivity contribution in [1.82, 2.24) is 24.6 Å². The van der Waals surface area contributed by atoms with Crippen LogP contribution in [-0.4, -0.2) is 29.0 Å². The standard InChI is InChI=1S/C13H19N5O2S/c1-18-8-13(4-12(18)7-15-10-2-3-10)21(19,20)17-6-11-5-14-9-16-11/h4-5,8-10,15,17H,2-3,6-7H2,1H3,(H,14,16). The molecule has 1 fully saturated rings. The van der Waals surface area contributed by atoms with Crippen molar-refractivity contribution in [3.63, 3.8) is 0 Å². The number of aromatic nitrogens is 3. The Morgan fingerprint density at radius 3 is 2.90 bits per heavy atom. The molecule has 0 saturated heterocycles. The highest BCUT2D eigenvalue weighted by Gasteiger charge is 2.22. The zero-order valence-corrected chi connectivity index (χ0v) is 12.7. The average Bonchev–Trinajstić information content (AvgIpc) is 2.98. The van der Waals surface area contributed by atoms with Crippen LogP contribution in [0.25, 0.3) is 0 Å². The molecule has 0 unspecified atom stereocenters. The molecule has 0 spiro atoms. The number of nitrogens with one attached hydrogen (secondary N) is 3. The number of aromatic amines is 1. The van der Waals surface area contributed by atoms with Crippen molar-refractivity contribution in [2.45, 2.75) is 36.9 Å². The van der Waals surface area contributed by atoms with Crippen LogP contribution in [0.3, 0.4) is 0 Å². The zero-order chi connectivity index (χ0) is 14.9. The normalized spacial score (nSPS) is 15.5. The van der Waals surface area contributed by atoms with Gasteiger partial charge in [-0.2, -0.15) is 0 Å². The molecular weight excluding hydrogens is 290 g/mol. The van der Waals surface area contributed by atoms with E-state index in [0.29, 0.717) is 12.6 Å². The van der Waals surface area contributed by atoms with Crippen LogP contribution in [0.2, 0.25) is 0 Å². The second-order valence-corrected chi connectivity index (χ2v) is 7.10. The topological polar surface area (TPSA) is 91.8 Å². The fourth-order valence-corrected chi connectivity index (χ4v) is 3.17. The first-order chi connectivity index (χ1) is 10.0. The molecule has 21 heavy (non-hydrogen) atoms. The van der Waals surface area contributed by atoms with E-state index in [9.17, 15) is 8.42 Å². The molecule has 0 radical (unpaired) electrons. The summed E-state index contributed by atoms with van der Waals surface area (Å²) in [5, 5.41) is 3.38. The van der Waals surface area contributed by atoms with Crippen molar-refractivity contribution in [1.29, 1.82) is 0 Å². The van der Waals surface area contributed by atoms with Gasteiger partial charge >= 0.3 is 0 Å². The quantitative estimate of drug-likeness (QED) is 0.693. The Bertz CT molecular complexity index is 701. The highest BCUT2D eigenvalue weighted by atomic mass is 32.2. The molecule has 0 aliphatic heterocycles. The minimum atomic E-state index is -3.51. The van der Waals surface area contributed by atoms with Crippen LogP contribution in [0.5, 0.6) is 0 Å². The molecule has 3 rings (SSSR count). The summed E-state index contributed by atoms with van der Waals surface area (Å²) in [4.78, 5) is 7.01. The van der Waals surface area contributed by atoms with Crippen molar-refractivity contribution in [3.05, 3.63) is 36.2 Å². The lowest BCUT2D eigenvalue weighted by molar-refractivity contribution is 0.580. The molecule has 2 aromatic rings. The molecule has 0 amide bonds. The van der Waals surface area contributed by atoms with E-state index in [4.69, 9.17) is 0 Å². The molecule has 2 aromatic heterocycles. The van der Waals surface area contributed by atoms with E-state index in [1.165, 1.54) is 19.2 Å². The minimum absolute atomic E-state index is 0.201. The SMILES string of the molecule is Cn1cc(S(=O)(=O)NCc2cnc[nH]2)cc1CNC1CC1. The van der Waals surface area contributed by atoms with E-state index in [1.54, 1.807) is 18.5 Å². The van der Waals surface area contributed by atoms with Gasteiger partial charge in [-0.15, -0.1) is 0 Å². The van der Waals surface area contributed by atoms with E-state index in [-0.39, 0.29) is 11.4 Å². The first-order valence-corrected chi connectivity index (χ1v) is 8.38. The Kier molecular flexibility index (Phi) is 3.83. The van der Waals surface area contributed by atoms with Crippen LogP contribution < -0.4 is 10.0 Å². The number of sulfonamides is 1. The smallest absolute Gasteiger partial charge is 0.242 e. The summed E-state index contributed by atoms with van der Waals surface area (Å²) in [5.41, 5.74) is 1.69. The third kappa shape index (κ3) is 3.52. The second-order valence-electron chi connectivity index (χ2n) is 5.33. The van der Waals surface area contributed by atoms with E-state index < -0.39 is 10.0 Å². The summed E-state index contributed by atoms with van der Waals surface area (Å²) in [6.07, 6.45) is 7.17. The Labute approximate surface area is 123 Å². The second kappa shape index (κ2) is 5.63. The summed E-state index contributed by atoms with van der Waals surface area (Å²) in [6, 6.07) is 2.31. The van der Waals surface area contributed by atoms with Crippen molar-refractivity contribution in [2.24, 2.45) is 7.05 Å². The van der Waals surface area contributed by atoms with Gasteiger partial charge in [-0.3, -0.25) is 0 Å². The fraction of sp³-hybridized carbons (Fsp3) is 0.462. The van der Waals surface area contributed by atoms with E-state index in [2.05, 4.69) is 20.0 Å². The van der Waals surface area contributed by atoms with Crippen LogP contribution in [0.15, 0.2) is 29.7 Å². The number of nitrogens with zero attached hydrogens (tertiary/aromatic N) is 2. The number of hydrogen-bond acceptors (Lipinski definition) is 4. The monoisotopic (exact) mass is 309 g/mol. The van der Waals surface area contributed by atoms with Gasteiger partial charge in [0.25, 0.3) is 0 Å². The highest BCUT2D eigenvalue weighted by Crippen LogP contribution is 2.20. The predicted octanol–water partition coefficient (Wildman–Crippen LogP) is 0.479. The van der Waals surface area contributed by atoms with Gasteiger partial charge in [0.05, 0.1) is 17.8 Å². The van der Waals surface area contributed by atoms with E-state index in [0.717, 1.165) is 11.4 Å². The number of aryl methyl sites for hydroxylation is 1. The third-order valence-electron chi connectivity index (χ3n) is 3.55. The van der Waals surface area contributed by atoms with Crippen LogP contribution in [0, 0.1) is 0 Å². The highest BCUT2D eigenvalue weighted by molar-refractivity contribution is 7.89. The largest absolute Gasteiger partial charge is 0.352 e. The molecule has 0 atom stereocenters. The number of hydrogen-bond donors (Lipinski definition) is 3. The molecule has 1 aliphatic carbocycles. The summed E-state index contributed by atoms with van der Waals surface area (Å²) in [5.74, 6) is 0. The van der Waals surface area contributed by atoms with Gasteiger partial charge in [0, 0.05) is 43.4 Å². The number of H-pyrrole nitrogens is 1. The summed E-state index contributed by atoms with van der Waals surface area (Å²) >= 11 is 0. The van der Waals surface area contributed by atoms with Crippen LogP contribution in [0.1, 0.15) is 24.2 Å². The molecule has 0 aromatic carbocycles. The maximum Gasteiger partial charge on any atom is 0.242 e. The van der Waals surface area contributed by atoms with Gasteiger partial charge in [-0.05, 0) is 18.9 Å². The maximum atomic E-state index is 12.3. The Morgan fingerprint density at radius 1 is 1.43 bits per heavy atom. The molecule has 2 heterocycles. The first kappa shape index (κ1) is 14.3. The van der Waals surface area contributed by atoms with Crippen molar-refractivity contribution in [3.8, 4) is 0 Å². The average molecular weight is 309 g/mol. The first-order valence-electron chi connectivity index (χ1n) is 6.90. The summed E-state index contributed by atoms with van der Waals surface area (Å²) in [6.45, 7) is 0.893. The fourth-order valence-electron chi connectivity index (χ4n) is 2.07. The van der Waals surface area contributed by atoms with Gasteiger partial charge in [0.1, 0.15) is 0 Å². The van der Waals surface area contributed by atoms with Gasteiger partial charge < -0.3 is 14.9 Å². The van der Waals surface area contributed by atoms with Gasteiger partial charge in [-0.1, -0.05) is 0 Å². The molecule has 0 bridgehead atoms. The van der Waals surface area contributed by atoms with Crippen LogP contribution >= 0.6 is 0 Å². The molecule has 1 saturated carbocycles. The molecular formula is C13H19N5O2S. The van der Waals surface area contributed by atoms with E-state index >= 15 is 0 Å². The minimum Gasteiger partial charge on any atom is -0.352 e.